The molecule has 0 bridgehead atoms. The van der Waals surface area contributed by atoms with Crippen LogP contribution < -0.4 is 0 Å². The Bertz CT molecular complexity index is 516. The molecule has 2 nitrogen and oxygen atoms in total. The molecule has 2 N–H and O–H groups in total. The molecule has 0 atom stereocenters. The Kier molecular flexibility index (Phi) is 4.30. The summed E-state index contributed by atoms with van der Waals surface area (Å²) >= 11 is 6.68. The first-order chi connectivity index (χ1) is 8.65. The van der Waals surface area contributed by atoms with Gasteiger partial charge >= 0.3 is 0 Å². The van der Waals surface area contributed by atoms with Crippen LogP contribution in [0.5, 0.6) is 11.5 Å². The van der Waals surface area contributed by atoms with Gasteiger partial charge in [0.1, 0.15) is 11.5 Å². The predicted molar refractivity (Wildman–Crippen MR) is 80.5 cm³/mol. The number of rotatable bonds is 3. The SMILES string of the molecule is Oc1cc(CBr)ccc1-c1ccc(CBr)cc1O. The van der Waals surface area contributed by atoms with Gasteiger partial charge in [0.15, 0.2) is 0 Å². The first-order valence-corrected chi connectivity index (χ1v) is 7.66. The van der Waals surface area contributed by atoms with Gasteiger partial charge in [0.2, 0.25) is 0 Å². The van der Waals surface area contributed by atoms with Crippen molar-refractivity contribution in [2.24, 2.45) is 0 Å². The normalized spacial score (nSPS) is 10.6. The van der Waals surface area contributed by atoms with Crippen molar-refractivity contribution in [3.63, 3.8) is 0 Å². The van der Waals surface area contributed by atoms with E-state index in [2.05, 4.69) is 31.9 Å². The number of hydrogen-bond acceptors (Lipinski definition) is 2. The lowest BCUT2D eigenvalue weighted by Crippen LogP contribution is -1.85. The molecule has 0 aliphatic rings. The van der Waals surface area contributed by atoms with E-state index >= 15 is 0 Å². The third kappa shape index (κ3) is 2.70. The van der Waals surface area contributed by atoms with E-state index in [1.807, 2.05) is 24.3 Å². The van der Waals surface area contributed by atoms with Crippen LogP contribution in [-0.4, -0.2) is 10.2 Å². The average Bonchev–Trinajstić information content (AvgIpc) is 2.39. The van der Waals surface area contributed by atoms with Crippen molar-refractivity contribution in [1.29, 1.82) is 0 Å². The smallest absolute Gasteiger partial charge is 0.123 e. The molecule has 2 aromatic rings. The van der Waals surface area contributed by atoms with E-state index in [0.717, 1.165) is 11.1 Å². The lowest BCUT2D eigenvalue weighted by atomic mass is 10.0. The molecule has 0 aromatic heterocycles. The maximum atomic E-state index is 9.99. The van der Waals surface area contributed by atoms with Gasteiger partial charge in [-0.25, -0.2) is 0 Å². The Labute approximate surface area is 123 Å². The molecular formula is C14H12Br2O2. The summed E-state index contributed by atoms with van der Waals surface area (Å²) in [6.07, 6.45) is 0. The fourth-order valence-electron chi connectivity index (χ4n) is 1.78. The summed E-state index contributed by atoms with van der Waals surface area (Å²) < 4.78 is 0. The Hall–Kier alpha value is -1.00. The highest BCUT2D eigenvalue weighted by atomic mass is 79.9. The highest BCUT2D eigenvalue weighted by Gasteiger charge is 2.10. The van der Waals surface area contributed by atoms with Gasteiger partial charge in [0.25, 0.3) is 0 Å². The van der Waals surface area contributed by atoms with Crippen molar-refractivity contribution in [3.05, 3.63) is 47.5 Å². The zero-order valence-corrected chi connectivity index (χ0v) is 12.7. The maximum Gasteiger partial charge on any atom is 0.123 e. The van der Waals surface area contributed by atoms with Gasteiger partial charge in [-0.15, -0.1) is 0 Å². The largest absolute Gasteiger partial charge is 0.507 e. The first-order valence-electron chi connectivity index (χ1n) is 5.41. The number of phenols is 2. The minimum absolute atomic E-state index is 0.175. The summed E-state index contributed by atoms with van der Waals surface area (Å²) in [4.78, 5) is 0. The van der Waals surface area contributed by atoms with Gasteiger partial charge in [0, 0.05) is 21.8 Å². The van der Waals surface area contributed by atoms with E-state index in [-0.39, 0.29) is 11.5 Å². The summed E-state index contributed by atoms with van der Waals surface area (Å²) in [5.41, 5.74) is 3.26. The van der Waals surface area contributed by atoms with Crippen LogP contribution in [0.1, 0.15) is 11.1 Å². The van der Waals surface area contributed by atoms with Gasteiger partial charge in [0.05, 0.1) is 0 Å². The lowest BCUT2D eigenvalue weighted by Gasteiger charge is -2.09. The van der Waals surface area contributed by atoms with Gasteiger partial charge in [-0.05, 0) is 23.3 Å². The monoisotopic (exact) mass is 370 g/mol. The van der Waals surface area contributed by atoms with Crippen molar-refractivity contribution in [1.82, 2.24) is 0 Å². The molecule has 0 aliphatic carbocycles. The topological polar surface area (TPSA) is 40.5 Å². The molecule has 0 aliphatic heterocycles. The molecule has 0 saturated heterocycles. The van der Waals surface area contributed by atoms with Crippen molar-refractivity contribution in [3.8, 4) is 22.6 Å². The van der Waals surface area contributed by atoms with E-state index in [4.69, 9.17) is 0 Å². The van der Waals surface area contributed by atoms with Crippen LogP contribution in [0.2, 0.25) is 0 Å². The third-order valence-corrected chi connectivity index (χ3v) is 4.02. The third-order valence-electron chi connectivity index (χ3n) is 2.72. The van der Waals surface area contributed by atoms with Crippen molar-refractivity contribution in [2.45, 2.75) is 10.7 Å². The van der Waals surface area contributed by atoms with Crippen LogP contribution in [0, 0.1) is 0 Å². The minimum Gasteiger partial charge on any atom is -0.507 e. The Balaban J connectivity index is 2.48. The number of hydrogen-bond donors (Lipinski definition) is 2. The number of phenolic OH excluding ortho intramolecular Hbond substituents is 2. The molecule has 0 amide bonds. The molecule has 0 radical (unpaired) electrons. The molecule has 0 saturated carbocycles. The lowest BCUT2D eigenvalue weighted by molar-refractivity contribution is 0.468. The van der Waals surface area contributed by atoms with Gasteiger partial charge < -0.3 is 10.2 Å². The Morgan fingerprint density at radius 2 is 1.11 bits per heavy atom. The van der Waals surface area contributed by atoms with Crippen LogP contribution >= 0.6 is 31.9 Å². The van der Waals surface area contributed by atoms with Gasteiger partial charge in [-0.2, -0.15) is 0 Å². The van der Waals surface area contributed by atoms with Crippen LogP contribution in [0.3, 0.4) is 0 Å². The molecule has 0 unspecified atom stereocenters. The predicted octanol–water partition coefficient (Wildman–Crippen LogP) is 4.55. The van der Waals surface area contributed by atoms with Crippen LogP contribution in [0.15, 0.2) is 36.4 Å². The van der Waals surface area contributed by atoms with Crippen molar-refractivity contribution >= 4 is 31.9 Å². The molecule has 2 rings (SSSR count). The number of halogens is 2. The van der Waals surface area contributed by atoms with E-state index in [9.17, 15) is 10.2 Å². The van der Waals surface area contributed by atoms with Crippen LogP contribution in [0.4, 0.5) is 0 Å². The summed E-state index contributed by atoms with van der Waals surface area (Å²) in [5, 5.41) is 21.4. The fraction of sp³-hybridized carbons (Fsp3) is 0.143. The Morgan fingerprint density at radius 3 is 1.39 bits per heavy atom. The van der Waals surface area contributed by atoms with E-state index < -0.39 is 0 Å². The molecule has 94 valence electrons. The van der Waals surface area contributed by atoms with E-state index in [1.54, 1.807) is 12.1 Å². The molecule has 0 fully saturated rings. The van der Waals surface area contributed by atoms with E-state index in [1.165, 1.54) is 0 Å². The van der Waals surface area contributed by atoms with E-state index in [0.29, 0.717) is 21.8 Å². The molecular weight excluding hydrogens is 360 g/mol. The van der Waals surface area contributed by atoms with Crippen molar-refractivity contribution < 1.29 is 10.2 Å². The standard InChI is InChI=1S/C14H12Br2O2/c15-7-9-1-3-11(13(17)5-9)12-4-2-10(8-16)6-14(12)18/h1-6,17-18H,7-8H2. The minimum atomic E-state index is 0.175. The van der Waals surface area contributed by atoms with Crippen LogP contribution in [0.25, 0.3) is 11.1 Å². The molecule has 4 heteroatoms. The number of alkyl halides is 2. The molecule has 0 heterocycles. The molecule has 2 aromatic carbocycles. The highest BCUT2D eigenvalue weighted by molar-refractivity contribution is 9.08. The summed E-state index contributed by atoms with van der Waals surface area (Å²) in [6.45, 7) is 0. The second kappa shape index (κ2) is 5.76. The summed E-state index contributed by atoms with van der Waals surface area (Å²) in [5.74, 6) is 0.350. The molecule has 0 spiro atoms. The highest BCUT2D eigenvalue weighted by Crippen LogP contribution is 2.36. The first kappa shape index (κ1) is 13.4. The fourth-order valence-corrected chi connectivity index (χ4v) is 2.47. The zero-order chi connectivity index (χ0) is 13.1. The van der Waals surface area contributed by atoms with Gasteiger partial charge in [-0.1, -0.05) is 56.1 Å². The summed E-state index contributed by atoms with van der Waals surface area (Å²) in [6, 6.07) is 10.9. The molecule has 18 heavy (non-hydrogen) atoms. The number of benzene rings is 2. The second-order valence-electron chi connectivity index (χ2n) is 3.97. The second-order valence-corrected chi connectivity index (χ2v) is 5.09. The summed E-state index contributed by atoms with van der Waals surface area (Å²) in [7, 11) is 0. The quantitative estimate of drug-likeness (QED) is 0.776. The Morgan fingerprint density at radius 1 is 0.722 bits per heavy atom. The zero-order valence-electron chi connectivity index (χ0n) is 9.53. The van der Waals surface area contributed by atoms with Crippen LogP contribution in [-0.2, 0) is 10.7 Å². The van der Waals surface area contributed by atoms with Crippen molar-refractivity contribution in [2.75, 3.05) is 0 Å². The van der Waals surface area contributed by atoms with Gasteiger partial charge in [-0.3, -0.25) is 0 Å². The number of aromatic hydroxyl groups is 2. The maximum absolute atomic E-state index is 9.99. The average molecular weight is 372 g/mol.